The first-order valence-corrected chi connectivity index (χ1v) is 8.48. The van der Waals surface area contributed by atoms with Gasteiger partial charge in [0.25, 0.3) is 0 Å². The van der Waals surface area contributed by atoms with Crippen LogP contribution in [-0.2, 0) is 4.79 Å². The normalized spacial score (nSPS) is 36.8. The van der Waals surface area contributed by atoms with Crippen LogP contribution in [0.2, 0.25) is 0 Å². The number of nitrogens with one attached hydrogen (secondary N) is 1. The summed E-state index contributed by atoms with van der Waals surface area (Å²) in [5.41, 5.74) is 3.42. The van der Waals surface area contributed by atoms with Gasteiger partial charge in [0.1, 0.15) is 0 Å². The molecule has 0 aromatic heterocycles. The first-order chi connectivity index (χ1) is 10.1. The maximum atomic E-state index is 12.8. The van der Waals surface area contributed by atoms with Gasteiger partial charge in [-0.25, -0.2) is 0 Å². The van der Waals surface area contributed by atoms with Crippen molar-refractivity contribution in [3.63, 3.8) is 0 Å². The fourth-order valence-electron chi connectivity index (χ4n) is 5.52. The van der Waals surface area contributed by atoms with Crippen LogP contribution in [-0.4, -0.2) is 5.91 Å². The van der Waals surface area contributed by atoms with Gasteiger partial charge in [0, 0.05) is 11.6 Å². The Balaban J connectivity index is 1.52. The Hall–Kier alpha value is -1.31. The Morgan fingerprint density at radius 1 is 1.00 bits per heavy atom. The van der Waals surface area contributed by atoms with Crippen molar-refractivity contribution < 1.29 is 4.79 Å². The summed E-state index contributed by atoms with van der Waals surface area (Å²) in [6.45, 7) is 4.18. The van der Waals surface area contributed by atoms with Crippen molar-refractivity contribution in [2.45, 2.75) is 46.0 Å². The van der Waals surface area contributed by atoms with Crippen LogP contribution in [0.3, 0.4) is 0 Å². The van der Waals surface area contributed by atoms with E-state index < -0.39 is 0 Å². The summed E-state index contributed by atoms with van der Waals surface area (Å²) in [5.74, 6) is 3.74. The van der Waals surface area contributed by atoms with Crippen molar-refractivity contribution in [1.29, 1.82) is 0 Å². The summed E-state index contributed by atoms with van der Waals surface area (Å²) in [6.07, 6.45) is 6.66. The van der Waals surface area contributed by atoms with Gasteiger partial charge in [0.2, 0.25) is 5.91 Å². The Morgan fingerprint density at radius 3 is 2.19 bits per heavy atom. The Kier molecular flexibility index (Phi) is 3.09. The largest absolute Gasteiger partial charge is 0.326 e. The molecule has 0 aliphatic heterocycles. The van der Waals surface area contributed by atoms with Gasteiger partial charge in [-0.3, -0.25) is 4.79 Å². The summed E-state index contributed by atoms with van der Waals surface area (Å²) in [6, 6.07) is 6.28. The third-order valence-corrected chi connectivity index (χ3v) is 6.17. The molecule has 0 heterocycles. The van der Waals surface area contributed by atoms with E-state index in [1.54, 1.807) is 0 Å². The molecule has 0 spiro atoms. The van der Waals surface area contributed by atoms with Crippen molar-refractivity contribution in [2.75, 3.05) is 5.32 Å². The van der Waals surface area contributed by atoms with E-state index in [2.05, 4.69) is 37.4 Å². The maximum Gasteiger partial charge on any atom is 0.228 e. The fourth-order valence-corrected chi connectivity index (χ4v) is 5.52. The standard InChI is InChI=1S/C19H25NO/c1-11-3-4-17(12(2)5-11)20-19(21)18-15-7-13-6-14(9-15)10-16(18)8-13/h3-5,13-16,18H,6-10H2,1-2H3,(H,20,21). The smallest absolute Gasteiger partial charge is 0.228 e. The first-order valence-electron chi connectivity index (χ1n) is 8.48. The van der Waals surface area contributed by atoms with Crippen LogP contribution in [0.5, 0.6) is 0 Å². The van der Waals surface area contributed by atoms with Crippen molar-refractivity contribution in [3.05, 3.63) is 29.3 Å². The van der Waals surface area contributed by atoms with E-state index in [0.717, 1.165) is 17.5 Å². The number of benzene rings is 1. The van der Waals surface area contributed by atoms with Gasteiger partial charge in [0.15, 0.2) is 0 Å². The summed E-state index contributed by atoms with van der Waals surface area (Å²) in [5, 5.41) is 3.23. The number of anilines is 1. The van der Waals surface area contributed by atoms with Crippen LogP contribution in [0.15, 0.2) is 18.2 Å². The van der Waals surface area contributed by atoms with E-state index in [9.17, 15) is 4.79 Å². The first kappa shape index (κ1) is 13.4. The van der Waals surface area contributed by atoms with Gasteiger partial charge >= 0.3 is 0 Å². The van der Waals surface area contributed by atoms with E-state index >= 15 is 0 Å². The summed E-state index contributed by atoms with van der Waals surface area (Å²) in [7, 11) is 0. The highest BCUT2D eigenvalue weighted by Gasteiger charge is 2.50. The van der Waals surface area contributed by atoms with E-state index in [4.69, 9.17) is 0 Å². The van der Waals surface area contributed by atoms with E-state index in [-0.39, 0.29) is 11.8 Å². The molecule has 0 radical (unpaired) electrons. The molecule has 112 valence electrons. The lowest BCUT2D eigenvalue weighted by atomic mass is 9.51. The average Bonchev–Trinajstić information content (AvgIpc) is 2.40. The second-order valence-corrected chi connectivity index (χ2v) is 7.76. The minimum Gasteiger partial charge on any atom is -0.326 e. The minimum atomic E-state index is 0.276. The fraction of sp³-hybridized carbons (Fsp3) is 0.632. The highest BCUT2D eigenvalue weighted by molar-refractivity contribution is 5.93. The van der Waals surface area contributed by atoms with Crippen LogP contribution >= 0.6 is 0 Å². The quantitative estimate of drug-likeness (QED) is 0.860. The lowest BCUT2D eigenvalue weighted by molar-refractivity contribution is -0.132. The van der Waals surface area contributed by atoms with E-state index in [1.807, 2.05) is 0 Å². The number of rotatable bonds is 2. The molecule has 5 rings (SSSR count). The number of carbonyl (C=O) groups excluding carboxylic acids is 1. The number of hydrogen-bond donors (Lipinski definition) is 1. The van der Waals surface area contributed by atoms with Gasteiger partial charge < -0.3 is 5.32 Å². The van der Waals surface area contributed by atoms with Crippen LogP contribution in [0.1, 0.15) is 43.2 Å². The highest BCUT2D eigenvalue weighted by Crippen LogP contribution is 2.56. The zero-order valence-electron chi connectivity index (χ0n) is 13.1. The Morgan fingerprint density at radius 2 is 1.62 bits per heavy atom. The molecular weight excluding hydrogens is 258 g/mol. The van der Waals surface area contributed by atoms with Gasteiger partial charge in [0.05, 0.1) is 0 Å². The highest BCUT2D eigenvalue weighted by atomic mass is 16.1. The zero-order valence-corrected chi connectivity index (χ0v) is 13.1. The monoisotopic (exact) mass is 283 g/mol. The van der Waals surface area contributed by atoms with Crippen molar-refractivity contribution in [3.8, 4) is 0 Å². The zero-order chi connectivity index (χ0) is 14.6. The van der Waals surface area contributed by atoms with Crippen LogP contribution in [0.4, 0.5) is 5.69 Å². The van der Waals surface area contributed by atoms with Crippen molar-refractivity contribution in [2.24, 2.45) is 29.6 Å². The number of carbonyl (C=O) groups is 1. The third-order valence-electron chi connectivity index (χ3n) is 6.17. The van der Waals surface area contributed by atoms with Crippen LogP contribution in [0, 0.1) is 43.4 Å². The molecule has 4 aliphatic rings. The van der Waals surface area contributed by atoms with Crippen LogP contribution in [0.25, 0.3) is 0 Å². The predicted molar refractivity (Wildman–Crippen MR) is 85.1 cm³/mol. The van der Waals surface area contributed by atoms with E-state index in [1.165, 1.54) is 43.2 Å². The van der Waals surface area contributed by atoms with Gasteiger partial charge in [-0.2, -0.15) is 0 Å². The molecule has 0 saturated heterocycles. The third kappa shape index (κ3) is 2.29. The minimum absolute atomic E-state index is 0.276. The molecular formula is C19H25NO. The summed E-state index contributed by atoms with van der Waals surface area (Å²) < 4.78 is 0. The molecule has 1 aromatic rings. The van der Waals surface area contributed by atoms with Crippen LogP contribution < -0.4 is 5.32 Å². The Bertz CT molecular complexity index is 549. The molecule has 2 heteroatoms. The number of amides is 1. The van der Waals surface area contributed by atoms with Gasteiger partial charge in [-0.1, -0.05) is 17.7 Å². The van der Waals surface area contributed by atoms with Gasteiger partial charge in [-0.15, -0.1) is 0 Å². The second-order valence-electron chi connectivity index (χ2n) is 7.76. The molecule has 4 fully saturated rings. The van der Waals surface area contributed by atoms with E-state index in [0.29, 0.717) is 11.8 Å². The number of hydrogen-bond acceptors (Lipinski definition) is 1. The second kappa shape index (κ2) is 4.86. The average molecular weight is 283 g/mol. The molecule has 1 amide bonds. The van der Waals surface area contributed by atoms with Crippen molar-refractivity contribution >= 4 is 11.6 Å². The summed E-state index contributed by atoms with van der Waals surface area (Å²) in [4.78, 5) is 12.8. The topological polar surface area (TPSA) is 29.1 Å². The molecule has 4 saturated carbocycles. The van der Waals surface area contributed by atoms with Crippen molar-refractivity contribution in [1.82, 2.24) is 0 Å². The van der Waals surface area contributed by atoms with Gasteiger partial charge in [-0.05, 0) is 81.3 Å². The summed E-state index contributed by atoms with van der Waals surface area (Å²) >= 11 is 0. The molecule has 2 nitrogen and oxygen atoms in total. The number of aryl methyl sites for hydroxylation is 2. The molecule has 4 aliphatic carbocycles. The molecule has 4 bridgehead atoms. The molecule has 21 heavy (non-hydrogen) atoms. The predicted octanol–water partition coefficient (Wildman–Crippen LogP) is 4.31. The SMILES string of the molecule is Cc1ccc(NC(=O)C2C3CC4CC(C3)CC2C4)c(C)c1. The lowest BCUT2D eigenvalue weighted by Crippen LogP contribution is -2.49. The molecule has 0 unspecified atom stereocenters. The molecule has 1 aromatic carbocycles. The Labute approximate surface area is 127 Å². The lowest BCUT2D eigenvalue weighted by Gasteiger charge is -2.53. The molecule has 0 atom stereocenters. The molecule has 1 N–H and O–H groups in total. The maximum absolute atomic E-state index is 12.8.